The molecule has 2 atom stereocenters. The number of hydrogen-bond acceptors (Lipinski definition) is 5. The number of rotatable bonds is 11. The normalized spacial score (nSPS) is 15.2. The molecule has 0 aliphatic heterocycles. The van der Waals surface area contributed by atoms with Gasteiger partial charge in [-0.25, -0.2) is 0 Å². The van der Waals surface area contributed by atoms with E-state index in [0.29, 0.717) is 26.4 Å². The third-order valence-electron chi connectivity index (χ3n) is 2.24. The van der Waals surface area contributed by atoms with Crippen LogP contribution in [0.25, 0.3) is 0 Å². The lowest BCUT2D eigenvalue weighted by atomic mass is 10.3. The number of hydrogen-bond donors (Lipinski definition) is 0. The molecule has 0 spiro atoms. The zero-order valence-electron chi connectivity index (χ0n) is 11.6. The predicted octanol–water partition coefficient (Wildman–Crippen LogP) is 1.10. The minimum absolute atomic E-state index is 0.0384. The van der Waals surface area contributed by atoms with Crippen molar-refractivity contribution in [2.24, 2.45) is 0 Å². The second kappa shape index (κ2) is 10.9. The van der Waals surface area contributed by atoms with Crippen LogP contribution in [0.2, 0.25) is 0 Å². The van der Waals surface area contributed by atoms with Crippen LogP contribution in [0.5, 0.6) is 0 Å². The minimum Gasteiger partial charge on any atom is -0.382 e. The fourth-order valence-electron chi connectivity index (χ4n) is 1.18. The predicted molar refractivity (Wildman–Crippen MR) is 65.4 cm³/mol. The van der Waals surface area contributed by atoms with Crippen molar-refractivity contribution in [1.82, 2.24) is 0 Å². The number of ether oxygens (including phenoxy) is 5. The molecular formula is C12H26O5. The molecule has 0 rings (SSSR count). The van der Waals surface area contributed by atoms with Crippen LogP contribution in [-0.2, 0) is 23.7 Å². The largest absolute Gasteiger partial charge is 0.382 e. The quantitative estimate of drug-likeness (QED) is 0.549. The van der Waals surface area contributed by atoms with Gasteiger partial charge in [0.2, 0.25) is 0 Å². The average molecular weight is 250 g/mol. The van der Waals surface area contributed by atoms with Gasteiger partial charge in [-0.05, 0) is 13.8 Å². The highest BCUT2D eigenvalue weighted by Gasteiger charge is 2.12. The Labute approximate surface area is 104 Å². The van der Waals surface area contributed by atoms with Crippen LogP contribution in [0.4, 0.5) is 0 Å². The highest BCUT2D eigenvalue weighted by Crippen LogP contribution is 1.99. The van der Waals surface area contributed by atoms with E-state index in [9.17, 15) is 0 Å². The molecule has 5 heteroatoms. The van der Waals surface area contributed by atoms with E-state index in [-0.39, 0.29) is 18.3 Å². The van der Waals surface area contributed by atoms with Gasteiger partial charge in [-0.15, -0.1) is 0 Å². The molecule has 0 radical (unpaired) electrons. The molecule has 0 aromatic heterocycles. The van der Waals surface area contributed by atoms with E-state index in [2.05, 4.69) is 0 Å². The van der Waals surface area contributed by atoms with Crippen molar-refractivity contribution in [2.45, 2.75) is 32.2 Å². The van der Waals surface area contributed by atoms with Gasteiger partial charge in [0.25, 0.3) is 0 Å². The Kier molecular flexibility index (Phi) is 10.8. The Bertz CT molecular complexity index is 163. The fourth-order valence-corrected chi connectivity index (χ4v) is 1.18. The zero-order chi connectivity index (χ0) is 13.1. The summed E-state index contributed by atoms with van der Waals surface area (Å²) in [6.07, 6.45) is 0.119. The molecule has 0 saturated carbocycles. The molecule has 0 amide bonds. The molecule has 0 heterocycles. The Morgan fingerprint density at radius 1 is 0.765 bits per heavy atom. The minimum atomic E-state index is -0.0440. The molecular weight excluding hydrogens is 224 g/mol. The summed E-state index contributed by atoms with van der Waals surface area (Å²) in [5.74, 6) is 0. The van der Waals surface area contributed by atoms with Crippen molar-refractivity contribution < 1.29 is 23.7 Å². The van der Waals surface area contributed by atoms with Gasteiger partial charge in [0.15, 0.2) is 0 Å². The van der Waals surface area contributed by atoms with Crippen molar-refractivity contribution >= 4 is 0 Å². The highest BCUT2D eigenvalue weighted by molar-refractivity contribution is 4.58. The van der Waals surface area contributed by atoms with Crippen LogP contribution < -0.4 is 0 Å². The van der Waals surface area contributed by atoms with Crippen LogP contribution in [0.3, 0.4) is 0 Å². The van der Waals surface area contributed by atoms with E-state index in [1.807, 2.05) is 13.8 Å². The van der Waals surface area contributed by atoms with Crippen LogP contribution in [0.15, 0.2) is 0 Å². The van der Waals surface area contributed by atoms with Crippen molar-refractivity contribution in [2.75, 3.05) is 47.8 Å². The molecule has 0 bridgehead atoms. The van der Waals surface area contributed by atoms with E-state index in [4.69, 9.17) is 23.7 Å². The molecule has 0 aliphatic rings. The van der Waals surface area contributed by atoms with Crippen LogP contribution in [0, 0.1) is 0 Å². The molecule has 17 heavy (non-hydrogen) atoms. The summed E-state index contributed by atoms with van der Waals surface area (Å²) in [7, 11) is 4.93. The molecule has 0 fully saturated rings. The second-order valence-corrected chi connectivity index (χ2v) is 4.09. The first kappa shape index (κ1) is 16.8. The van der Waals surface area contributed by atoms with E-state index < -0.39 is 0 Å². The Hall–Kier alpha value is -0.200. The van der Waals surface area contributed by atoms with Gasteiger partial charge in [0.05, 0.1) is 32.5 Å². The van der Waals surface area contributed by atoms with Gasteiger partial charge in [-0.1, -0.05) is 0 Å². The Morgan fingerprint density at radius 3 is 1.71 bits per heavy atom. The molecule has 2 unspecified atom stereocenters. The monoisotopic (exact) mass is 250 g/mol. The van der Waals surface area contributed by atoms with Gasteiger partial charge in [-0.3, -0.25) is 0 Å². The summed E-state index contributed by atoms with van der Waals surface area (Å²) < 4.78 is 26.4. The summed E-state index contributed by atoms with van der Waals surface area (Å²) in [4.78, 5) is 0. The van der Waals surface area contributed by atoms with Gasteiger partial charge < -0.3 is 23.7 Å². The zero-order valence-corrected chi connectivity index (χ0v) is 11.6. The van der Waals surface area contributed by atoms with Crippen LogP contribution in [-0.4, -0.2) is 66.1 Å². The third kappa shape index (κ3) is 9.50. The van der Waals surface area contributed by atoms with E-state index in [1.54, 1.807) is 21.3 Å². The van der Waals surface area contributed by atoms with Gasteiger partial charge in [-0.2, -0.15) is 0 Å². The van der Waals surface area contributed by atoms with Crippen molar-refractivity contribution in [3.8, 4) is 0 Å². The van der Waals surface area contributed by atoms with Gasteiger partial charge in [0.1, 0.15) is 12.2 Å². The first-order valence-corrected chi connectivity index (χ1v) is 5.87. The summed E-state index contributed by atoms with van der Waals surface area (Å²) in [5, 5.41) is 0. The Morgan fingerprint density at radius 2 is 1.29 bits per heavy atom. The lowest BCUT2D eigenvalue weighted by molar-refractivity contribution is -0.0800. The Balaban J connectivity index is 3.67. The molecule has 0 aromatic rings. The molecule has 0 saturated heterocycles. The molecule has 0 N–H and O–H groups in total. The molecule has 5 nitrogen and oxygen atoms in total. The lowest BCUT2D eigenvalue weighted by Gasteiger charge is -2.19. The maximum atomic E-state index is 5.51. The average Bonchev–Trinajstić information content (AvgIpc) is 2.31. The van der Waals surface area contributed by atoms with Crippen LogP contribution in [0.1, 0.15) is 13.8 Å². The third-order valence-corrected chi connectivity index (χ3v) is 2.24. The summed E-state index contributed by atoms with van der Waals surface area (Å²) >= 11 is 0. The molecule has 0 aromatic carbocycles. The summed E-state index contributed by atoms with van der Waals surface area (Å²) in [6, 6.07) is 0. The highest BCUT2D eigenvalue weighted by atomic mass is 16.6. The van der Waals surface area contributed by atoms with Crippen molar-refractivity contribution in [3.05, 3.63) is 0 Å². The topological polar surface area (TPSA) is 46.2 Å². The van der Waals surface area contributed by atoms with Gasteiger partial charge >= 0.3 is 0 Å². The van der Waals surface area contributed by atoms with E-state index >= 15 is 0 Å². The smallest absolute Gasteiger partial charge is 0.104 e. The lowest BCUT2D eigenvalue weighted by Crippen LogP contribution is -2.30. The first-order valence-electron chi connectivity index (χ1n) is 5.87. The van der Waals surface area contributed by atoms with Crippen LogP contribution >= 0.6 is 0 Å². The van der Waals surface area contributed by atoms with E-state index in [0.717, 1.165) is 0 Å². The molecule has 0 aliphatic carbocycles. The van der Waals surface area contributed by atoms with Crippen molar-refractivity contribution in [1.29, 1.82) is 0 Å². The number of methoxy groups -OCH3 is 3. The van der Waals surface area contributed by atoms with Crippen molar-refractivity contribution in [3.63, 3.8) is 0 Å². The standard InChI is InChI=1S/C12H26O5/c1-10(2)17-9-12(15-5)8-16-7-11(14-4)6-13-3/h10-12H,6-9H2,1-5H3. The summed E-state index contributed by atoms with van der Waals surface area (Å²) in [5.41, 5.74) is 0. The fraction of sp³-hybridized carbons (Fsp3) is 1.00. The first-order chi connectivity index (χ1) is 8.13. The van der Waals surface area contributed by atoms with Gasteiger partial charge in [0, 0.05) is 21.3 Å². The molecule has 104 valence electrons. The second-order valence-electron chi connectivity index (χ2n) is 4.09. The van der Waals surface area contributed by atoms with E-state index in [1.165, 1.54) is 0 Å². The maximum absolute atomic E-state index is 5.51. The summed E-state index contributed by atoms with van der Waals surface area (Å²) in [6.45, 7) is 6.03. The maximum Gasteiger partial charge on any atom is 0.104 e. The SMILES string of the molecule is COCC(COCC(COC(C)C)OC)OC.